The van der Waals surface area contributed by atoms with E-state index >= 15 is 0 Å². The molecule has 0 saturated carbocycles. The molecular formula is C10H19NO3. The van der Waals surface area contributed by atoms with E-state index in [1.807, 2.05) is 0 Å². The monoisotopic (exact) mass is 201 g/mol. The van der Waals surface area contributed by atoms with E-state index in [9.17, 15) is 4.79 Å². The van der Waals surface area contributed by atoms with E-state index < -0.39 is 0 Å². The van der Waals surface area contributed by atoms with Crippen molar-refractivity contribution in [1.82, 2.24) is 5.06 Å². The fourth-order valence-electron chi connectivity index (χ4n) is 1.44. The highest BCUT2D eigenvalue weighted by atomic mass is 16.7. The zero-order valence-electron chi connectivity index (χ0n) is 8.83. The number of methoxy groups -OCH3 is 1. The maximum absolute atomic E-state index is 11.5. The summed E-state index contributed by atoms with van der Waals surface area (Å²) in [6.07, 6.45) is 4.52. The van der Waals surface area contributed by atoms with Gasteiger partial charge in [-0.2, -0.15) is 0 Å². The Morgan fingerprint density at radius 2 is 2.29 bits per heavy atom. The molecule has 4 heteroatoms. The first-order valence-corrected chi connectivity index (χ1v) is 5.27. The quantitative estimate of drug-likeness (QED) is 0.630. The van der Waals surface area contributed by atoms with Crippen molar-refractivity contribution < 1.29 is 14.4 Å². The van der Waals surface area contributed by atoms with Crippen molar-refractivity contribution in [2.24, 2.45) is 0 Å². The van der Waals surface area contributed by atoms with Gasteiger partial charge in [0.25, 0.3) is 0 Å². The highest BCUT2D eigenvalue weighted by molar-refractivity contribution is 5.75. The molecule has 1 fully saturated rings. The van der Waals surface area contributed by atoms with Gasteiger partial charge >= 0.3 is 0 Å². The smallest absolute Gasteiger partial charge is 0.246 e. The third-order valence-corrected chi connectivity index (χ3v) is 2.27. The number of rotatable bonds is 5. The van der Waals surface area contributed by atoms with E-state index in [-0.39, 0.29) is 5.91 Å². The molecule has 0 aromatic carbocycles. The first-order chi connectivity index (χ1) is 6.84. The van der Waals surface area contributed by atoms with Crippen LogP contribution in [0.1, 0.15) is 32.1 Å². The Morgan fingerprint density at radius 3 is 2.93 bits per heavy atom. The normalized spacial score (nSPS) is 17.1. The topological polar surface area (TPSA) is 38.8 Å². The van der Waals surface area contributed by atoms with E-state index in [4.69, 9.17) is 9.57 Å². The summed E-state index contributed by atoms with van der Waals surface area (Å²) in [5.41, 5.74) is 0. The van der Waals surface area contributed by atoms with E-state index in [1.165, 1.54) is 5.06 Å². The molecule has 1 amide bonds. The number of carbonyl (C=O) groups excluding carboxylic acids is 1. The number of nitrogens with zero attached hydrogens (tertiary/aromatic N) is 1. The minimum Gasteiger partial charge on any atom is -0.385 e. The SMILES string of the molecule is COCCCCC(=O)N1CCCCO1. The van der Waals surface area contributed by atoms with Gasteiger partial charge in [-0.25, -0.2) is 5.06 Å². The summed E-state index contributed by atoms with van der Waals surface area (Å²) in [6, 6.07) is 0. The van der Waals surface area contributed by atoms with Crippen molar-refractivity contribution in [1.29, 1.82) is 0 Å². The van der Waals surface area contributed by atoms with Crippen LogP contribution in [0.3, 0.4) is 0 Å². The summed E-state index contributed by atoms with van der Waals surface area (Å²) in [5, 5.41) is 1.51. The first kappa shape index (κ1) is 11.5. The number of hydroxylamine groups is 2. The average molecular weight is 201 g/mol. The van der Waals surface area contributed by atoms with E-state index in [0.717, 1.165) is 38.8 Å². The van der Waals surface area contributed by atoms with E-state index in [1.54, 1.807) is 7.11 Å². The zero-order valence-corrected chi connectivity index (χ0v) is 8.83. The molecule has 82 valence electrons. The molecular weight excluding hydrogens is 182 g/mol. The number of ether oxygens (including phenoxy) is 1. The van der Waals surface area contributed by atoms with Crippen LogP contribution in [0.15, 0.2) is 0 Å². The third-order valence-electron chi connectivity index (χ3n) is 2.27. The fraction of sp³-hybridized carbons (Fsp3) is 0.900. The second kappa shape index (κ2) is 6.79. The van der Waals surface area contributed by atoms with Crippen LogP contribution >= 0.6 is 0 Å². The Hall–Kier alpha value is -0.610. The molecule has 0 aromatic heterocycles. The average Bonchev–Trinajstić information content (AvgIpc) is 2.25. The Bertz CT molecular complexity index is 167. The number of unbranched alkanes of at least 4 members (excludes halogenated alkanes) is 1. The zero-order chi connectivity index (χ0) is 10.2. The number of carbonyl (C=O) groups is 1. The van der Waals surface area contributed by atoms with Crippen molar-refractivity contribution in [2.45, 2.75) is 32.1 Å². The Morgan fingerprint density at radius 1 is 1.43 bits per heavy atom. The van der Waals surface area contributed by atoms with Crippen molar-refractivity contribution in [3.8, 4) is 0 Å². The summed E-state index contributed by atoms with van der Waals surface area (Å²) < 4.78 is 4.91. The molecule has 0 unspecified atom stereocenters. The van der Waals surface area contributed by atoms with Crippen molar-refractivity contribution in [3.05, 3.63) is 0 Å². The van der Waals surface area contributed by atoms with Crippen LogP contribution in [0.5, 0.6) is 0 Å². The van der Waals surface area contributed by atoms with Gasteiger partial charge in [-0.1, -0.05) is 0 Å². The predicted octanol–water partition coefficient (Wildman–Crippen LogP) is 1.36. The van der Waals surface area contributed by atoms with Crippen molar-refractivity contribution in [3.63, 3.8) is 0 Å². The van der Waals surface area contributed by atoms with Crippen LogP contribution in [0.4, 0.5) is 0 Å². The van der Waals surface area contributed by atoms with Gasteiger partial charge in [-0.15, -0.1) is 0 Å². The van der Waals surface area contributed by atoms with Crippen molar-refractivity contribution >= 4 is 5.91 Å². The van der Waals surface area contributed by atoms with Crippen LogP contribution < -0.4 is 0 Å². The summed E-state index contributed by atoms with van der Waals surface area (Å²) in [4.78, 5) is 16.8. The minimum atomic E-state index is 0.112. The van der Waals surface area contributed by atoms with Gasteiger partial charge in [0.15, 0.2) is 0 Å². The fourth-order valence-corrected chi connectivity index (χ4v) is 1.44. The highest BCUT2D eigenvalue weighted by Gasteiger charge is 2.16. The van der Waals surface area contributed by atoms with Crippen LogP contribution in [0, 0.1) is 0 Å². The van der Waals surface area contributed by atoms with Crippen LogP contribution in [0.25, 0.3) is 0 Å². The molecule has 4 nitrogen and oxygen atoms in total. The molecule has 0 atom stereocenters. The standard InChI is InChI=1S/C10H19NO3/c1-13-8-4-2-6-10(12)11-7-3-5-9-14-11/h2-9H2,1H3. The lowest BCUT2D eigenvalue weighted by Crippen LogP contribution is -2.35. The second-order valence-corrected chi connectivity index (χ2v) is 3.49. The molecule has 1 aliphatic rings. The molecule has 0 N–H and O–H groups in total. The third kappa shape index (κ3) is 4.07. The lowest BCUT2D eigenvalue weighted by molar-refractivity contribution is -0.197. The van der Waals surface area contributed by atoms with Crippen LogP contribution in [0.2, 0.25) is 0 Å². The Kier molecular flexibility index (Phi) is 5.56. The van der Waals surface area contributed by atoms with Gasteiger partial charge < -0.3 is 4.74 Å². The van der Waals surface area contributed by atoms with E-state index in [2.05, 4.69) is 0 Å². The van der Waals surface area contributed by atoms with Gasteiger partial charge in [-0.05, 0) is 25.7 Å². The molecule has 0 aliphatic carbocycles. The van der Waals surface area contributed by atoms with Gasteiger partial charge in [0.1, 0.15) is 0 Å². The number of amides is 1. The summed E-state index contributed by atoms with van der Waals surface area (Å²) in [5.74, 6) is 0.112. The molecule has 1 rings (SSSR count). The maximum atomic E-state index is 11.5. The van der Waals surface area contributed by atoms with Crippen LogP contribution in [-0.4, -0.2) is 37.8 Å². The van der Waals surface area contributed by atoms with E-state index in [0.29, 0.717) is 13.0 Å². The summed E-state index contributed by atoms with van der Waals surface area (Å²) >= 11 is 0. The minimum absolute atomic E-state index is 0.112. The molecule has 0 radical (unpaired) electrons. The lowest BCUT2D eigenvalue weighted by atomic mass is 10.2. The summed E-state index contributed by atoms with van der Waals surface area (Å²) in [7, 11) is 1.68. The van der Waals surface area contributed by atoms with Gasteiger partial charge in [-0.3, -0.25) is 9.63 Å². The van der Waals surface area contributed by atoms with Crippen molar-refractivity contribution in [2.75, 3.05) is 26.9 Å². The molecule has 1 heterocycles. The highest BCUT2D eigenvalue weighted by Crippen LogP contribution is 2.09. The lowest BCUT2D eigenvalue weighted by Gasteiger charge is -2.25. The predicted molar refractivity (Wildman–Crippen MR) is 52.6 cm³/mol. The maximum Gasteiger partial charge on any atom is 0.246 e. The molecule has 14 heavy (non-hydrogen) atoms. The number of hydrogen-bond acceptors (Lipinski definition) is 3. The Labute approximate surface area is 85.1 Å². The summed E-state index contributed by atoms with van der Waals surface area (Å²) in [6.45, 7) is 2.17. The second-order valence-electron chi connectivity index (χ2n) is 3.49. The molecule has 0 spiro atoms. The molecule has 1 saturated heterocycles. The van der Waals surface area contributed by atoms with Gasteiger partial charge in [0.05, 0.1) is 6.61 Å². The largest absolute Gasteiger partial charge is 0.385 e. The van der Waals surface area contributed by atoms with Crippen LogP contribution in [-0.2, 0) is 14.4 Å². The number of hydrogen-bond donors (Lipinski definition) is 0. The molecule has 0 aromatic rings. The first-order valence-electron chi connectivity index (χ1n) is 5.27. The Balaban J connectivity index is 2.07. The molecule has 0 bridgehead atoms. The molecule has 1 aliphatic heterocycles. The van der Waals surface area contributed by atoms with Gasteiger partial charge in [0, 0.05) is 26.7 Å². The van der Waals surface area contributed by atoms with Gasteiger partial charge in [0.2, 0.25) is 5.91 Å².